The van der Waals surface area contributed by atoms with Crippen molar-refractivity contribution in [2.75, 3.05) is 0 Å². The lowest BCUT2D eigenvalue weighted by atomic mass is 10.1. The van der Waals surface area contributed by atoms with Gasteiger partial charge in [0.15, 0.2) is 0 Å². The van der Waals surface area contributed by atoms with E-state index in [9.17, 15) is 0 Å². The molecule has 0 saturated heterocycles. The minimum atomic E-state index is 0.860. The Hall–Kier alpha value is -2.09. The van der Waals surface area contributed by atoms with Crippen molar-refractivity contribution in [2.45, 2.75) is 19.8 Å². The zero-order valence-corrected chi connectivity index (χ0v) is 10.5. The number of nitrogens with zero attached hydrogens (tertiary/aromatic N) is 1. The fraction of sp³-hybridized carbons (Fsp3) is 0.188. The van der Waals surface area contributed by atoms with Crippen molar-refractivity contribution >= 4 is 11.0 Å². The molecule has 0 fully saturated rings. The summed E-state index contributed by atoms with van der Waals surface area (Å²) in [6, 6.07) is 16.9. The van der Waals surface area contributed by atoms with Crippen LogP contribution >= 0.6 is 0 Å². The molecule has 0 aliphatic heterocycles. The molecule has 3 aromatic rings. The number of aromatic amines is 1. The third kappa shape index (κ3) is 2.14. The standard InChI is InChI=1S/C16H16N2/c1-2-12-7-9-13(10-8-12)11-16-17-14-5-3-4-6-15(14)18-16/h3-10H,2,11H2,1H3,(H,17,18). The smallest absolute Gasteiger partial charge is 0.111 e. The van der Waals surface area contributed by atoms with Crippen LogP contribution in [0.15, 0.2) is 48.5 Å². The molecule has 0 bridgehead atoms. The van der Waals surface area contributed by atoms with Gasteiger partial charge in [-0.05, 0) is 29.7 Å². The number of H-pyrrole nitrogens is 1. The van der Waals surface area contributed by atoms with Crippen LogP contribution in [0.5, 0.6) is 0 Å². The van der Waals surface area contributed by atoms with Crippen LogP contribution in [-0.2, 0) is 12.8 Å². The zero-order valence-electron chi connectivity index (χ0n) is 10.5. The molecule has 0 aliphatic carbocycles. The van der Waals surface area contributed by atoms with Gasteiger partial charge in [-0.1, -0.05) is 43.3 Å². The first kappa shape index (κ1) is 11.0. The molecule has 0 radical (unpaired) electrons. The van der Waals surface area contributed by atoms with E-state index in [0.717, 1.165) is 29.7 Å². The van der Waals surface area contributed by atoms with Crippen molar-refractivity contribution in [1.29, 1.82) is 0 Å². The fourth-order valence-electron chi connectivity index (χ4n) is 2.18. The third-order valence-corrected chi connectivity index (χ3v) is 3.24. The Morgan fingerprint density at radius 1 is 0.944 bits per heavy atom. The van der Waals surface area contributed by atoms with E-state index in [-0.39, 0.29) is 0 Å². The highest BCUT2D eigenvalue weighted by atomic mass is 14.9. The van der Waals surface area contributed by atoms with E-state index < -0.39 is 0 Å². The van der Waals surface area contributed by atoms with Crippen LogP contribution in [0.4, 0.5) is 0 Å². The van der Waals surface area contributed by atoms with Crippen molar-refractivity contribution in [2.24, 2.45) is 0 Å². The number of para-hydroxylation sites is 2. The maximum atomic E-state index is 4.60. The summed E-state index contributed by atoms with van der Waals surface area (Å²) in [5.74, 6) is 1.03. The van der Waals surface area contributed by atoms with E-state index in [0.29, 0.717) is 0 Å². The van der Waals surface area contributed by atoms with E-state index in [2.05, 4.69) is 47.2 Å². The van der Waals surface area contributed by atoms with Gasteiger partial charge >= 0.3 is 0 Å². The van der Waals surface area contributed by atoms with Crippen molar-refractivity contribution in [3.8, 4) is 0 Å². The summed E-state index contributed by atoms with van der Waals surface area (Å²) in [6.07, 6.45) is 1.95. The number of aryl methyl sites for hydroxylation is 1. The van der Waals surface area contributed by atoms with Gasteiger partial charge in [-0.25, -0.2) is 4.98 Å². The molecule has 1 heterocycles. The quantitative estimate of drug-likeness (QED) is 0.737. The second-order valence-electron chi connectivity index (χ2n) is 4.55. The van der Waals surface area contributed by atoms with Gasteiger partial charge in [-0.15, -0.1) is 0 Å². The lowest BCUT2D eigenvalue weighted by Crippen LogP contribution is -1.91. The molecule has 1 N–H and O–H groups in total. The molecule has 1 aromatic heterocycles. The number of imidazole rings is 1. The van der Waals surface area contributed by atoms with Gasteiger partial charge in [0, 0.05) is 6.42 Å². The number of hydrogen-bond donors (Lipinski definition) is 1. The van der Waals surface area contributed by atoms with Gasteiger partial charge in [-0.3, -0.25) is 0 Å². The first-order valence-corrected chi connectivity index (χ1v) is 6.36. The lowest BCUT2D eigenvalue weighted by Gasteiger charge is -2.00. The van der Waals surface area contributed by atoms with Crippen LogP contribution in [0, 0.1) is 0 Å². The molecule has 0 unspecified atom stereocenters. The Kier molecular flexibility index (Phi) is 2.85. The molecular weight excluding hydrogens is 220 g/mol. The van der Waals surface area contributed by atoms with E-state index in [4.69, 9.17) is 0 Å². The normalized spacial score (nSPS) is 10.9. The lowest BCUT2D eigenvalue weighted by molar-refractivity contribution is 1.03. The summed E-state index contributed by atoms with van der Waals surface area (Å²) in [6.45, 7) is 2.17. The molecule has 18 heavy (non-hydrogen) atoms. The minimum Gasteiger partial charge on any atom is -0.342 e. The monoisotopic (exact) mass is 236 g/mol. The molecule has 0 amide bonds. The van der Waals surface area contributed by atoms with Crippen LogP contribution in [-0.4, -0.2) is 9.97 Å². The number of benzene rings is 2. The Bertz CT molecular complexity index is 617. The van der Waals surface area contributed by atoms with E-state index in [1.165, 1.54) is 11.1 Å². The molecule has 2 heteroatoms. The van der Waals surface area contributed by atoms with Crippen molar-refractivity contribution in [1.82, 2.24) is 9.97 Å². The highest BCUT2D eigenvalue weighted by Crippen LogP contribution is 2.14. The molecule has 2 nitrogen and oxygen atoms in total. The number of fused-ring (bicyclic) bond motifs is 1. The summed E-state index contributed by atoms with van der Waals surface area (Å²) in [4.78, 5) is 7.96. The summed E-state index contributed by atoms with van der Waals surface area (Å²) in [5.41, 5.74) is 4.82. The molecule has 2 aromatic carbocycles. The van der Waals surface area contributed by atoms with Crippen molar-refractivity contribution in [3.05, 3.63) is 65.5 Å². The molecule has 0 saturated carbocycles. The fourth-order valence-corrected chi connectivity index (χ4v) is 2.18. The second-order valence-corrected chi connectivity index (χ2v) is 4.55. The number of hydrogen-bond acceptors (Lipinski definition) is 1. The maximum Gasteiger partial charge on any atom is 0.111 e. The number of aromatic nitrogens is 2. The Balaban J connectivity index is 1.86. The topological polar surface area (TPSA) is 28.7 Å². The highest BCUT2D eigenvalue weighted by Gasteiger charge is 2.03. The van der Waals surface area contributed by atoms with Crippen LogP contribution in [0.25, 0.3) is 11.0 Å². The van der Waals surface area contributed by atoms with Crippen molar-refractivity contribution < 1.29 is 0 Å². The van der Waals surface area contributed by atoms with E-state index in [1.807, 2.05) is 18.2 Å². The maximum absolute atomic E-state index is 4.60. The van der Waals surface area contributed by atoms with Crippen molar-refractivity contribution in [3.63, 3.8) is 0 Å². The zero-order chi connectivity index (χ0) is 12.4. The van der Waals surface area contributed by atoms with Crippen LogP contribution in [0.1, 0.15) is 23.9 Å². The van der Waals surface area contributed by atoms with Gasteiger partial charge < -0.3 is 4.98 Å². The summed E-state index contributed by atoms with van der Waals surface area (Å²) >= 11 is 0. The molecule has 0 atom stereocenters. The van der Waals surface area contributed by atoms with Crippen LogP contribution in [0.2, 0.25) is 0 Å². The predicted molar refractivity (Wildman–Crippen MR) is 74.7 cm³/mol. The second kappa shape index (κ2) is 4.65. The average Bonchev–Trinajstić information content (AvgIpc) is 2.82. The predicted octanol–water partition coefficient (Wildman–Crippen LogP) is 3.72. The Morgan fingerprint density at radius 2 is 1.67 bits per heavy atom. The summed E-state index contributed by atoms with van der Waals surface area (Å²) in [7, 11) is 0. The largest absolute Gasteiger partial charge is 0.342 e. The molecule has 3 rings (SSSR count). The number of nitrogens with one attached hydrogen (secondary N) is 1. The molecular formula is C16H16N2. The average molecular weight is 236 g/mol. The summed E-state index contributed by atoms with van der Waals surface area (Å²) < 4.78 is 0. The summed E-state index contributed by atoms with van der Waals surface area (Å²) in [5, 5.41) is 0. The highest BCUT2D eigenvalue weighted by molar-refractivity contribution is 5.74. The van der Waals surface area contributed by atoms with Gasteiger partial charge in [0.1, 0.15) is 5.82 Å². The van der Waals surface area contributed by atoms with Gasteiger partial charge in [0.2, 0.25) is 0 Å². The van der Waals surface area contributed by atoms with Crippen LogP contribution < -0.4 is 0 Å². The minimum absolute atomic E-state index is 0.860. The van der Waals surface area contributed by atoms with Gasteiger partial charge in [0.05, 0.1) is 11.0 Å². The first-order valence-electron chi connectivity index (χ1n) is 6.36. The van der Waals surface area contributed by atoms with Crippen LogP contribution in [0.3, 0.4) is 0 Å². The SMILES string of the molecule is CCc1ccc(Cc2nc3ccccc3[nH]2)cc1. The molecule has 0 aliphatic rings. The first-order chi connectivity index (χ1) is 8.85. The van der Waals surface area contributed by atoms with E-state index >= 15 is 0 Å². The molecule has 0 spiro atoms. The third-order valence-electron chi connectivity index (χ3n) is 3.24. The van der Waals surface area contributed by atoms with E-state index in [1.54, 1.807) is 0 Å². The molecule has 90 valence electrons. The van der Waals surface area contributed by atoms with Gasteiger partial charge in [0.25, 0.3) is 0 Å². The number of rotatable bonds is 3. The Morgan fingerprint density at radius 3 is 2.39 bits per heavy atom. The Labute approximate surface area is 107 Å². The van der Waals surface area contributed by atoms with Gasteiger partial charge in [-0.2, -0.15) is 0 Å².